The molecule has 0 aliphatic heterocycles. The first-order valence-electron chi connectivity index (χ1n) is 8.50. The summed E-state index contributed by atoms with van der Waals surface area (Å²) in [4.78, 5) is 23.0. The molecule has 1 aromatic heterocycles. The normalized spacial score (nSPS) is 12.6. The Morgan fingerprint density at radius 3 is 2.62 bits per heavy atom. The summed E-state index contributed by atoms with van der Waals surface area (Å²) in [6, 6.07) is 3.94. The van der Waals surface area contributed by atoms with Gasteiger partial charge in [0.05, 0.1) is 16.9 Å². The van der Waals surface area contributed by atoms with Crippen LogP contribution in [0.1, 0.15) is 20.8 Å². The van der Waals surface area contributed by atoms with Gasteiger partial charge in [-0.3, -0.25) is 24.5 Å². The van der Waals surface area contributed by atoms with E-state index >= 15 is 0 Å². The number of hydrogen-bond donors (Lipinski definition) is 1. The van der Waals surface area contributed by atoms with Crippen LogP contribution < -0.4 is 9.62 Å². The van der Waals surface area contributed by atoms with Crippen LogP contribution in [-0.4, -0.2) is 47.5 Å². The van der Waals surface area contributed by atoms with E-state index in [2.05, 4.69) is 29.4 Å². The number of nitrogens with one attached hydrogen (secondary N) is 1. The van der Waals surface area contributed by atoms with Crippen LogP contribution in [0, 0.1) is 16.0 Å². The molecule has 0 radical (unpaired) electrons. The smallest absolute Gasteiger partial charge is 0.271 e. The van der Waals surface area contributed by atoms with Gasteiger partial charge in [-0.25, -0.2) is 8.42 Å². The van der Waals surface area contributed by atoms with E-state index in [1.54, 1.807) is 0 Å². The van der Waals surface area contributed by atoms with E-state index < -0.39 is 26.9 Å². The lowest BCUT2D eigenvalue weighted by Crippen LogP contribution is -2.45. The number of carbonyl (C=O) groups excluding carboxylic acids is 1. The highest BCUT2D eigenvalue weighted by Crippen LogP contribution is 2.28. The van der Waals surface area contributed by atoms with Crippen molar-refractivity contribution in [1.29, 1.82) is 0 Å². The lowest BCUT2D eigenvalue weighted by Gasteiger charge is -2.27. The van der Waals surface area contributed by atoms with Gasteiger partial charge in [0, 0.05) is 17.9 Å². The summed E-state index contributed by atoms with van der Waals surface area (Å²) in [7, 11) is -3.90. The topological polar surface area (TPSA) is 135 Å². The van der Waals surface area contributed by atoms with Crippen LogP contribution in [0.15, 0.2) is 28.6 Å². The highest BCUT2D eigenvalue weighted by atomic mass is 32.2. The maximum Gasteiger partial charge on any atom is 0.271 e. The van der Waals surface area contributed by atoms with Crippen molar-refractivity contribution in [1.82, 2.24) is 10.2 Å². The average molecular weight is 460 g/mol. The fourth-order valence-corrected chi connectivity index (χ4v) is 5.22. The third-order valence-electron chi connectivity index (χ3n) is 3.56. The molecule has 1 aromatic carbocycles. The lowest BCUT2D eigenvalue weighted by molar-refractivity contribution is -0.384. The Hall–Kier alpha value is -2.25. The molecule has 0 unspecified atom stereocenters. The van der Waals surface area contributed by atoms with Gasteiger partial charge in [0.25, 0.3) is 5.69 Å². The monoisotopic (exact) mass is 459 g/mol. The average Bonchev–Trinajstić information content (AvgIpc) is 3.06. The summed E-state index contributed by atoms with van der Waals surface area (Å²) in [6.07, 6.45) is 0.932. The summed E-state index contributed by atoms with van der Waals surface area (Å²) >= 11 is 2.71. The number of sulfonamides is 1. The van der Waals surface area contributed by atoms with Crippen molar-refractivity contribution in [3.05, 3.63) is 34.4 Å². The van der Waals surface area contributed by atoms with Gasteiger partial charge >= 0.3 is 0 Å². The Morgan fingerprint density at radius 2 is 2.03 bits per heavy atom. The van der Waals surface area contributed by atoms with Crippen molar-refractivity contribution < 1.29 is 18.1 Å². The van der Waals surface area contributed by atoms with Crippen LogP contribution >= 0.6 is 23.1 Å². The van der Waals surface area contributed by atoms with Gasteiger partial charge in [0.15, 0.2) is 4.34 Å². The van der Waals surface area contributed by atoms with Crippen molar-refractivity contribution in [3.63, 3.8) is 0 Å². The maximum atomic E-state index is 12.6. The molecular weight excluding hydrogens is 438 g/mol. The second-order valence-electron chi connectivity index (χ2n) is 6.58. The molecular formula is C16H21N5O5S3. The first-order chi connectivity index (χ1) is 13.5. The number of nitro groups is 1. The first-order valence-corrected chi connectivity index (χ1v) is 12.1. The molecule has 1 atom stereocenters. The van der Waals surface area contributed by atoms with Gasteiger partial charge < -0.3 is 0 Å². The molecule has 1 amide bonds. The van der Waals surface area contributed by atoms with E-state index in [1.165, 1.54) is 48.2 Å². The molecule has 0 saturated heterocycles. The summed E-state index contributed by atoms with van der Waals surface area (Å²) < 4.78 is 26.2. The summed E-state index contributed by atoms with van der Waals surface area (Å²) in [6.45, 7) is 5.54. The number of nitro benzene ring substituents is 1. The van der Waals surface area contributed by atoms with Crippen LogP contribution in [0.3, 0.4) is 0 Å². The fourth-order valence-electron chi connectivity index (χ4n) is 2.32. The number of benzene rings is 1. The quantitative estimate of drug-likeness (QED) is 0.262. The fraction of sp³-hybridized carbons (Fsp3) is 0.438. The van der Waals surface area contributed by atoms with Crippen molar-refractivity contribution >= 4 is 55.5 Å². The minimum atomic E-state index is -3.90. The number of anilines is 2. The molecule has 1 heterocycles. The molecule has 0 fully saturated rings. The molecule has 10 nitrogen and oxygen atoms in total. The molecule has 0 saturated carbocycles. The van der Waals surface area contributed by atoms with E-state index in [-0.39, 0.29) is 16.5 Å². The Morgan fingerprint density at radius 1 is 1.34 bits per heavy atom. The third-order valence-corrected chi connectivity index (χ3v) is 7.20. The van der Waals surface area contributed by atoms with Crippen LogP contribution in [-0.2, 0) is 14.8 Å². The Labute approximate surface area is 176 Å². The second kappa shape index (κ2) is 9.50. The SMILES string of the molecule is CC(C)CSc1nnc(NC(=O)[C@H](C)N(c2cccc([N+](=O)[O-])c2)S(C)(=O)=O)s1. The van der Waals surface area contributed by atoms with Gasteiger partial charge in [0.1, 0.15) is 6.04 Å². The molecule has 2 aromatic rings. The number of aromatic nitrogens is 2. The van der Waals surface area contributed by atoms with Gasteiger partial charge in [-0.15, -0.1) is 10.2 Å². The molecule has 1 N–H and O–H groups in total. The number of rotatable bonds is 9. The third kappa shape index (κ3) is 6.37. The maximum absolute atomic E-state index is 12.6. The molecule has 2 rings (SSSR count). The number of thioether (sulfide) groups is 1. The van der Waals surface area contributed by atoms with Crippen molar-refractivity contribution in [2.24, 2.45) is 5.92 Å². The minimum absolute atomic E-state index is 0.0230. The molecule has 13 heteroatoms. The number of nitrogens with zero attached hydrogens (tertiary/aromatic N) is 4. The van der Waals surface area contributed by atoms with E-state index in [9.17, 15) is 23.3 Å². The highest BCUT2D eigenvalue weighted by molar-refractivity contribution is 8.01. The molecule has 0 aliphatic carbocycles. The molecule has 158 valence electrons. The Kier molecular flexibility index (Phi) is 7.54. The molecule has 0 spiro atoms. The molecule has 0 bridgehead atoms. The largest absolute Gasteiger partial charge is 0.299 e. The minimum Gasteiger partial charge on any atom is -0.299 e. The van der Waals surface area contributed by atoms with Gasteiger partial charge in [-0.05, 0) is 18.9 Å². The van der Waals surface area contributed by atoms with Crippen LogP contribution in [0.5, 0.6) is 0 Å². The van der Waals surface area contributed by atoms with Crippen LogP contribution in [0.2, 0.25) is 0 Å². The van der Waals surface area contributed by atoms with Gasteiger partial charge in [-0.1, -0.05) is 43.0 Å². The number of non-ortho nitro benzene ring substituents is 1. The van der Waals surface area contributed by atoms with E-state index in [0.29, 0.717) is 10.3 Å². The van der Waals surface area contributed by atoms with Crippen LogP contribution in [0.4, 0.5) is 16.5 Å². The predicted octanol–water partition coefficient (Wildman–Crippen LogP) is 2.99. The number of amides is 1. The zero-order valence-corrected chi connectivity index (χ0v) is 18.7. The Balaban J connectivity index is 2.21. The number of hydrogen-bond acceptors (Lipinski definition) is 9. The summed E-state index contributed by atoms with van der Waals surface area (Å²) in [5, 5.41) is 21.7. The Bertz CT molecular complexity index is 992. The van der Waals surface area contributed by atoms with E-state index in [4.69, 9.17) is 0 Å². The van der Waals surface area contributed by atoms with Crippen molar-refractivity contribution in [2.45, 2.75) is 31.2 Å². The second-order valence-corrected chi connectivity index (χ2v) is 10.7. The lowest BCUT2D eigenvalue weighted by atomic mass is 10.2. The van der Waals surface area contributed by atoms with Crippen LogP contribution in [0.25, 0.3) is 0 Å². The molecule has 29 heavy (non-hydrogen) atoms. The van der Waals surface area contributed by atoms with E-state index in [0.717, 1.165) is 22.4 Å². The summed E-state index contributed by atoms with van der Waals surface area (Å²) in [5.41, 5.74) is -0.255. The highest BCUT2D eigenvalue weighted by Gasteiger charge is 2.30. The summed E-state index contributed by atoms with van der Waals surface area (Å²) in [5.74, 6) is 0.701. The van der Waals surface area contributed by atoms with E-state index in [1.807, 2.05) is 0 Å². The molecule has 0 aliphatic rings. The van der Waals surface area contributed by atoms with Crippen molar-refractivity contribution in [3.8, 4) is 0 Å². The van der Waals surface area contributed by atoms with Crippen molar-refractivity contribution in [2.75, 3.05) is 21.6 Å². The number of carbonyl (C=O) groups is 1. The van der Waals surface area contributed by atoms with Gasteiger partial charge in [-0.2, -0.15) is 0 Å². The van der Waals surface area contributed by atoms with Gasteiger partial charge in [0.2, 0.25) is 21.1 Å². The predicted molar refractivity (Wildman–Crippen MR) is 114 cm³/mol. The first kappa shape index (κ1) is 23.0. The standard InChI is InChI=1S/C16H21N5O5S3/c1-10(2)9-27-16-19-18-15(28-16)17-14(22)11(3)20(29(4,25)26)12-6-5-7-13(8-12)21(23)24/h5-8,10-11H,9H2,1-4H3,(H,17,18,22)/t11-/m0/s1. The zero-order valence-electron chi connectivity index (χ0n) is 16.2. The zero-order chi connectivity index (χ0) is 21.8.